The summed E-state index contributed by atoms with van der Waals surface area (Å²) in [6, 6.07) is 54.2. The zero-order valence-electron chi connectivity index (χ0n) is 22.8. The van der Waals surface area contributed by atoms with Gasteiger partial charge in [-0.1, -0.05) is 97.1 Å². The maximum atomic E-state index is 5.35. The van der Waals surface area contributed by atoms with E-state index in [-0.39, 0.29) is 0 Å². The first kappa shape index (κ1) is 23.1. The van der Waals surface area contributed by atoms with Gasteiger partial charge in [0.2, 0.25) is 0 Å². The summed E-state index contributed by atoms with van der Waals surface area (Å²) >= 11 is 0. The quantitative estimate of drug-likeness (QED) is 0.221. The van der Waals surface area contributed by atoms with Crippen molar-refractivity contribution in [2.75, 3.05) is 0 Å². The predicted molar refractivity (Wildman–Crippen MR) is 176 cm³/mol. The predicted octanol–water partition coefficient (Wildman–Crippen LogP) is 10.1. The molecule has 0 bridgehead atoms. The van der Waals surface area contributed by atoms with Crippen molar-refractivity contribution in [3.05, 3.63) is 152 Å². The summed E-state index contributed by atoms with van der Waals surface area (Å²) in [6.45, 7) is 0. The van der Waals surface area contributed by atoms with E-state index in [1.165, 1.54) is 32.9 Å². The lowest BCUT2D eigenvalue weighted by Gasteiger charge is -2.11. The minimum Gasteiger partial charge on any atom is -0.309 e. The molecule has 0 spiro atoms. The second-order valence-electron chi connectivity index (χ2n) is 10.9. The van der Waals surface area contributed by atoms with Gasteiger partial charge in [-0.25, -0.2) is 4.98 Å². The van der Waals surface area contributed by atoms with Crippen LogP contribution in [0, 0.1) is 0 Å². The molecule has 3 aromatic heterocycles. The Hall–Kier alpha value is -5.67. The number of nitrogens with zero attached hydrogens (tertiary/aromatic N) is 3. The van der Waals surface area contributed by atoms with Crippen molar-refractivity contribution in [2.24, 2.45) is 0 Å². The smallest absolute Gasteiger partial charge is 0.0971 e. The van der Waals surface area contributed by atoms with Gasteiger partial charge < -0.3 is 9.13 Å². The van der Waals surface area contributed by atoms with Crippen LogP contribution in [0.25, 0.3) is 77.1 Å². The van der Waals surface area contributed by atoms with Crippen molar-refractivity contribution in [3.8, 4) is 22.5 Å². The summed E-state index contributed by atoms with van der Waals surface area (Å²) in [6.07, 6.45) is 0. The van der Waals surface area contributed by atoms with Gasteiger partial charge in [0.1, 0.15) is 0 Å². The highest BCUT2D eigenvalue weighted by Crippen LogP contribution is 2.38. The highest BCUT2D eigenvalue weighted by Gasteiger charge is 2.18. The lowest BCUT2D eigenvalue weighted by Crippen LogP contribution is -1.95. The van der Waals surface area contributed by atoms with Gasteiger partial charge >= 0.3 is 0 Å². The molecule has 0 aliphatic rings. The molecule has 0 atom stereocenters. The molecule has 0 amide bonds. The Labute approximate surface area is 242 Å². The molecule has 9 aromatic rings. The zero-order valence-corrected chi connectivity index (χ0v) is 22.8. The molecule has 9 rings (SSSR count). The number of hydrogen-bond donors (Lipinski definition) is 0. The van der Waals surface area contributed by atoms with E-state index in [1.54, 1.807) is 0 Å². The first-order chi connectivity index (χ1) is 20.8. The highest BCUT2D eigenvalue weighted by atomic mass is 15.0. The monoisotopic (exact) mass is 535 g/mol. The number of aromatic nitrogens is 3. The van der Waals surface area contributed by atoms with Gasteiger partial charge in [0, 0.05) is 32.9 Å². The lowest BCUT2D eigenvalue weighted by molar-refractivity contribution is 1.18. The second kappa shape index (κ2) is 8.92. The van der Waals surface area contributed by atoms with Crippen LogP contribution in [0.1, 0.15) is 0 Å². The topological polar surface area (TPSA) is 22.8 Å². The van der Waals surface area contributed by atoms with Crippen LogP contribution >= 0.6 is 0 Å². The molecule has 0 unspecified atom stereocenters. The van der Waals surface area contributed by atoms with E-state index >= 15 is 0 Å². The van der Waals surface area contributed by atoms with Crippen LogP contribution in [-0.2, 0) is 0 Å². The molecule has 196 valence electrons. The fourth-order valence-corrected chi connectivity index (χ4v) is 6.58. The summed E-state index contributed by atoms with van der Waals surface area (Å²) in [5, 5.41) is 4.77. The van der Waals surface area contributed by atoms with E-state index < -0.39 is 0 Å². The fourth-order valence-electron chi connectivity index (χ4n) is 6.58. The average Bonchev–Trinajstić information content (AvgIpc) is 3.55. The number of para-hydroxylation sites is 3. The third-order valence-electron chi connectivity index (χ3n) is 8.45. The molecule has 3 nitrogen and oxygen atoms in total. The summed E-state index contributed by atoms with van der Waals surface area (Å²) in [7, 11) is 0. The van der Waals surface area contributed by atoms with Gasteiger partial charge in [-0.05, 0) is 65.7 Å². The fraction of sp³-hybridized carbons (Fsp3) is 0. The van der Waals surface area contributed by atoms with Crippen LogP contribution < -0.4 is 0 Å². The summed E-state index contributed by atoms with van der Waals surface area (Å²) in [4.78, 5) is 5.35. The highest BCUT2D eigenvalue weighted by molar-refractivity contribution is 6.16. The van der Waals surface area contributed by atoms with Crippen LogP contribution in [0.15, 0.2) is 152 Å². The molecule has 3 heterocycles. The van der Waals surface area contributed by atoms with Crippen molar-refractivity contribution in [3.63, 3.8) is 0 Å². The molecule has 0 aliphatic carbocycles. The Morgan fingerprint density at radius 3 is 1.81 bits per heavy atom. The van der Waals surface area contributed by atoms with Crippen molar-refractivity contribution in [2.45, 2.75) is 0 Å². The normalized spacial score (nSPS) is 11.8. The summed E-state index contributed by atoms with van der Waals surface area (Å²) in [5.41, 5.74) is 11.3. The van der Waals surface area contributed by atoms with Gasteiger partial charge in [0.15, 0.2) is 0 Å². The van der Waals surface area contributed by atoms with Gasteiger partial charge in [0.05, 0.1) is 33.1 Å². The van der Waals surface area contributed by atoms with Crippen molar-refractivity contribution >= 4 is 54.6 Å². The Bertz CT molecular complexity index is 2450. The van der Waals surface area contributed by atoms with Crippen molar-refractivity contribution in [1.29, 1.82) is 0 Å². The van der Waals surface area contributed by atoms with Crippen LogP contribution in [0.4, 0.5) is 0 Å². The largest absolute Gasteiger partial charge is 0.309 e. The Morgan fingerprint density at radius 2 is 1.00 bits per heavy atom. The minimum atomic E-state index is 0.996. The van der Waals surface area contributed by atoms with Crippen LogP contribution in [-0.4, -0.2) is 14.1 Å². The molecule has 6 aromatic carbocycles. The van der Waals surface area contributed by atoms with E-state index in [0.717, 1.165) is 44.2 Å². The average molecular weight is 536 g/mol. The molecule has 3 heteroatoms. The second-order valence-corrected chi connectivity index (χ2v) is 10.9. The minimum absolute atomic E-state index is 0.996. The third kappa shape index (κ3) is 3.37. The van der Waals surface area contributed by atoms with E-state index in [1.807, 2.05) is 0 Å². The molecule has 0 fully saturated rings. The maximum Gasteiger partial charge on any atom is 0.0971 e. The van der Waals surface area contributed by atoms with Gasteiger partial charge in [-0.15, -0.1) is 0 Å². The molecule has 42 heavy (non-hydrogen) atoms. The first-order valence-electron chi connectivity index (χ1n) is 14.3. The summed E-state index contributed by atoms with van der Waals surface area (Å²) in [5.74, 6) is 0. The molecule has 0 saturated carbocycles. The number of pyridine rings is 1. The molecule has 0 radical (unpaired) electrons. The van der Waals surface area contributed by atoms with E-state index in [9.17, 15) is 0 Å². The zero-order chi connectivity index (χ0) is 27.6. The number of fused-ring (bicyclic) bond motifs is 7. The van der Waals surface area contributed by atoms with E-state index in [0.29, 0.717) is 0 Å². The molecular formula is C39H25N3. The van der Waals surface area contributed by atoms with Gasteiger partial charge in [-0.3, -0.25) is 0 Å². The van der Waals surface area contributed by atoms with E-state index in [2.05, 4.69) is 161 Å². The Morgan fingerprint density at radius 1 is 0.381 bits per heavy atom. The molecular weight excluding hydrogens is 510 g/mol. The van der Waals surface area contributed by atoms with E-state index in [4.69, 9.17) is 4.98 Å². The molecule has 0 aliphatic heterocycles. The van der Waals surface area contributed by atoms with Gasteiger partial charge in [-0.2, -0.15) is 0 Å². The van der Waals surface area contributed by atoms with Crippen LogP contribution in [0.2, 0.25) is 0 Å². The number of benzene rings is 6. The van der Waals surface area contributed by atoms with Crippen molar-refractivity contribution in [1.82, 2.24) is 14.1 Å². The molecule has 0 saturated heterocycles. The maximum absolute atomic E-state index is 5.35. The third-order valence-corrected chi connectivity index (χ3v) is 8.45. The lowest BCUT2D eigenvalue weighted by atomic mass is 10.1. The standard InChI is InChI=1S/C39H25N3/c1-3-12-26(13-4-1)27-14-11-17-30(22-27)42-36-21-10-8-19-32(36)39-38(42)24-28-23-33-31-18-7-9-20-35(31)41(29-15-5-2-6-16-29)37(33)25-34(28)40-39/h1-25H. The number of rotatable bonds is 3. The Kier molecular flexibility index (Phi) is 4.90. The Balaban J connectivity index is 1.36. The number of hydrogen-bond acceptors (Lipinski definition) is 1. The van der Waals surface area contributed by atoms with Crippen LogP contribution in [0.3, 0.4) is 0 Å². The first-order valence-corrected chi connectivity index (χ1v) is 14.3. The van der Waals surface area contributed by atoms with Crippen LogP contribution in [0.5, 0.6) is 0 Å². The van der Waals surface area contributed by atoms with Crippen molar-refractivity contribution < 1.29 is 0 Å². The SMILES string of the molecule is c1ccc(-c2cccc(-n3c4ccccc4c4nc5cc6c(cc5cc43)c3ccccc3n6-c3ccccc3)c2)cc1. The molecule has 0 N–H and O–H groups in total. The summed E-state index contributed by atoms with van der Waals surface area (Å²) < 4.78 is 4.72. The van der Waals surface area contributed by atoms with Gasteiger partial charge in [0.25, 0.3) is 0 Å².